The fourth-order valence-electron chi connectivity index (χ4n) is 7.82. The van der Waals surface area contributed by atoms with Crippen LogP contribution >= 0.6 is 11.6 Å². The Morgan fingerprint density at radius 3 is 2.32 bits per heavy atom. The number of esters is 1. The first-order valence-electron chi connectivity index (χ1n) is 15.3. The van der Waals surface area contributed by atoms with Gasteiger partial charge in [-0.05, 0) is 72.9 Å². The number of para-hydroxylation sites is 1. The molecule has 0 radical (unpaired) electrons. The number of hydrogen-bond acceptors (Lipinski definition) is 8. The number of ether oxygens (including phenoxy) is 1. The summed E-state index contributed by atoms with van der Waals surface area (Å²) >= 11 is 5.86. The number of pyridine rings is 1. The van der Waals surface area contributed by atoms with Gasteiger partial charge in [-0.1, -0.05) is 54.1 Å². The minimum atomic E-state index is -0.769. The van der Waals surface area contributed by atoms with E-state index in [1.165, 1.54) is 17.0 Å². The van der Waals surface area contributed by atoms with Crippen LogP contribution in [0.5, 0.6) is 0 Å². The summed E-state index contributed by atoms with van der Waals surface area (Å²) < 4.78 is 5.40. The first-order chi connectivity index (χ1) is 22.6. The molecule has 2 amide bonds. The number of amides is 2. The molecular formula is C36H26ClN3O7. The molecule has 2 bridgehead atoms. The second-order valence-electron chi connectivity index (χ2n) is 12.7. The number of carbonyl (C=O) groups is 4. The first kappa shape index (κ1) is 29.2. The molecule has 2 saturated carbocycles. The van der Waals surface area contributed by atoms with Crippen LogP contribution in [0.15, 0.2) is 78.9 Å². The molecule has 2 heterocycles. The number of nitro groups is 1. The zero-order chi connectivity index (χ0) is 32.7. The monoisotopic (exact) mass is 647 g/mol. The summed E-state index contributed by atoms with van der Waals surface area (Å²) in [5.74, 6) is -0.934. The summed E-state index contributed by atoms with van der Waals surface area (Å²) in [5, 5.41) is 11.7. The van der Waals surface area contributed by atoms with E-state index in [-0.39, 0.29) is 51.6 Å². The Kier molecular flexibility index (Phi) is 6.63. The Labute approximate surface area is 273 Å². The molecule has 5 aliphatic rings. The van der Waals surface area contributed by atoms with Crippen molar-refractivity contribution >= 4 is 57.4 Å². The molecule has 3 aromatic carbocycles. The van der Waals surface area contributed by atoms with Gasteiger partial charge in [0, 0.05) is 22.6 Å². The average molecular weight is 648 g/mol. The number of aromatic nitrogens is 1. The Bertz CT molecular complexity index is 2070. The van der Waals surface area contributed by atoms with Crippen molar-refractivity contribution in [2.24, 2.45) is 35.5 Å². The van der Waals surface area contributed by atoms with E-state index in [0.717, 1.165) is 18.1 Å². The number of rotatable bonds is 7. The van der Waals surface area contributed by atoms with E-state index < -0.39 is 29.0 Å². The van der Waals surface area contributed by atoms with Crippen molar-refractivity contribution in [2.75, 3.05) is 11.5 Å². The lowest BCUT2D eigenvalue weighted by atomic mass is 9.63. The predicted molar refractivity (Wildman–Crippen MR) is 172 cm³/mol. The lowest BCUT2D eigenvalue weighted by molar-refractivity contribution is -0.384. The van der Waals surface area contributed by atoms with E-state index >= 15 is 0 Å². The molecule has 6 unspecified atom stereocenters. The maximum atomic E-state index is 13.6. The van der Waals surface area contributed by atoms with Crippen molar-refractivity contribution in [3.8, 4) is 11.3 Å². The quantitative estimate of drug-likeness (QED) is 0.0564. The smallest absolute Gasteiger partial charge is 0.339 e. The molecule has 1 saturated heterocycles. The van der Waals surface area contributed by atoms with Crippen LogP contribution in [-0.4, -0.2) is 40.1 Å². The molecule has 0 spiro atoms. The molecule has 10 nitrogen and oxygen atoms in total. The minimum absolute atomic E-state index is 0.0138. The van der Waals surface area contributed by atoms with Gasteiger partial charge in [0.1, 0.15) is 5.02 Å². The third-order valence-corrected chi connectivity index (χ3v) is 10.5. The van der Waals surface area contributed by atoms with Crippen LogP contribution in [0.4, 0.5) is 11.4 Å². The molecule has 47 heavy (non-hydrogen) atoms. The first-order valence-corrected chi connectivity index (χ1v) is 15.7. The number of allylic oxidation sites excluding steroid dienone is 2. The molecule has 4 aromatic rings. The molecule has 0 N–H and O–H groups in total. The Morgan fingerprint density at radius 2 is 1.66 bits per heavy atom. The third kappa shape index (κ3) is 4.58. The van der Waals surface area contributed by atoms with Gasteiger partial charge in [0.25, 0.3) is 5.69 Å². The summed E-state index contributed by atoms with van der Waals surface area (Å²) in [7, 11) is 0. The number of imide groups is 1. The number of nitrogens with zero attached hydrogens (tertiary/aromatic N) is 3. The van der Waals surface area contributed by atoms with Gasteiger partial charge >= 0.3 is 5.97 Å². The van der Waals surface area contributed by atoms with Crippen molar-refractivity contribution in [1.29, 1.82) is 0 Å². The van der Waals surface area contributed by atoms with Crippen LogP contribution in [0.1, 0.15) is 32.7 Å². The molecular weight excluding hydrogens is 622 g/mol. The Morgan fingerprint density at radius 1 is 0.979 bits per heavy atom. The number of hydrogen-bond donors (Lipinski definition) is 0. The molecule has 6 atom stereocenters. The fourth-order valence-corrected chi connectivity index (χ4v) is 8.01. The van der Waals surface area contributed by atoms with Gasteiger partial charge in [-0.2, -0.15) is 0 Å². The second-order valence-corrected chi connectivity index (χ2v) is 13.1. The largest absolute Gasteiger partial charge is 0.454 e. The van der Waals surface area contributed by atoms with Crippen LogP contribution in [-0.2, 0) is 14.3 Å². The summed E-state index contributed by atoms with van der Waals surface area (Å²) in [6, 6.07) is 17.6. The highest BCUT2D eigenvalue weighted by molar-refractivity contribution is 6.32. The number of fused-ring (bicyclic) bond motifs is 1. The molecule has 1 aliphatic heterocycles. The zero-order valence-electron chi connectivity index (χ0n) is 25.0. The van der Waals surface area contributed by atoms with Crippen molar-refractivity contribution in [3.05, 3.63) is 111 Å². The SMILES string of the molecule is Cc1cccc2c(C(=O)OCC(=O)c3ccc(Cl)c([N+](=O)[O-])c3)cc(-c3ccc(N4C(=O)C5C6C=CC(C7CC67)C5C4=O)cc3)nc12. The Hall–Kier alpha value is -5.22. The lowest BCUT2D eigenvalue weighted by Crippen LogP contribution is -2.40. The van der Waals surface area contributed by atoms with Crippen LogP contribution in [0.3, 0.4) is 0 Å². The van der Waals surface area contributed by atoms with Gasteiger partial charge < -0.3 is 4.74 Å². The Balaban J connectivity index is 1.06. The summed E-state index contributed by atoms with van der Waals surface area (Å²) in [6.45, 7) is 1.22. The number of carbonyl (C=O) groups excluding carboxylic acids is 4. The predicted octanol–water partition coefficient (Wildman–Crippen LogP) is 6.37. The maximum absolute atomic E-state index is 13.6. The summed E-state index contributed by atoms with van der Waals surface area (Å²) in [4.78, 5) is 70.0. The van der Waals surface area contributed by atoms with Gasteiger partial charge in [-0.15, -0.1) is 0 Å². The topological polar surface area (TPSA) is 137 Å². The van der Waals surface area contributed by atoms with Crippen molar-refractivity contribution in [1.82, 2.24) is 4.98 Å². The second kappa shape index (κ2) is 10.7. The van der Waals surface area contributed by atoms with E-state index in [1.54, 1.807) is 42.5 Å². The van der Waals surface area contributed by atoms with E-state index in [2.05, 4.69) is 12.2 Å². The molecule has 1 aromatic heterocycles. The van der Waals surface area contributed by atoms with Gasteiger partial charge in [-0.25, -0.2) is 9.78 Å². The standard InChI is InChI=1S/C36H26ClN3O7/c1-17-3-2-4-23-26(36(44)47-16-30(41)19-7-12-27(37)29(13-19)40(45)46)15-28(38-33(17)23)18-5-8-20(9-6-18)39-34(42)31-21-10-11-22(25-14-24(21)25)32(31)35(39)43/h2-13,15,21-22,24-25,31-32H,14,16H2,1H3. The lowest BCUT2D eigenvalue weighted by Gasteiger charge is -2.37. The molecule has 4 aliphatic carbocycles. The van der Waals surface area contributed by atoms with Crippen LogP contribution in [0, 0.1) is 52.5 Å². The minimum Gasteiger partial charge on any atom is -0.454 e. The van der Waals surface area contributed by atoms with Gasteiger partial charge in [0.05, 0.1) is 39.2 Å². The van der Waals surface area contributed by atoms with Crippen molar-refractivity contribution in [3.63, 3.8) is 0 Å². The van der Waals surface area contributed by atoms with Gasteiger partial charge in [-0.3, -0.25) is 29.4 Å². The number of benzene rings is 3. The van der Waals surface area contributed by atoms with Crippen LogP contribution in [0.2, 0.25) is 5.02 Å². The summed E-state index contributed by atoms with van der Waals surface area (Å²) in [5.41, 5.74) is 2.74. The van der Waals surface area contributed by atoms with E-state index in [4.69, 9.17) is 21.3 Å². The number of nitro benzene ring substituents is 1. The molecule has 9 rings (SSSR count). The number of anilines is 1. The molecule has 11 heteroatoms. The highest BCUT2D eigenvalue weighted by Crippen LogP contribution is 2.65. The number of halogens is 1. The van der Waals surface area contributed by atoms with Gasteiger partial charge in [0.2, 0.25) is 17.6 Å². The maximum Gasteiger partial charge on any atom is 0.339 e. The average Bonchev–Trinajstić information content (AvgIpc) is 3.85. The van der Waals surface area contributed by atoms with Crippen molar-refractivity contribution in [2.45, 2.75) is 13.3 Å². The van der Waals surface area contributed by atoms with E-state index in [0.29, 0.717) is 39.7 Å². The summed E-state index contributed by atoms with van der Waals surface area (Å²) in [6.07, 6.45) is 5.39. The third-order valence-electron chi connectivity index (χ3n) is 10.1. The number of aryl methyl sites for hydroxylation is 1. The normalized spacial score (nSPS) is 25.1. The van der Waals surface area contributed by atoms with Crippen LogP contribution in [0.25, 0.3) is 22.2 Å². The number of ketones is 1. The van der Waals surface area contributed by atoms with Gasteiger partial charge in [0.15, 0.2) is 6.61 Å². The fraction of sp³-hybridized carbons (Fsp3) is 0.250. The van der Waals surface area contributed by atoms with Crippen LogP contribution < -0.4 is 4.90 Å². The number of Topliss-reactive ketones (excluding diaryl/α,β-unsaturated/α-hetero) is 1. The van der Waals surface area contributed by atoms with E-state index in [1.807, 2.05) is 13.0 Å². The highest BCUT2D eigenvalue weighted by atomic mass is 35.5. The van der Waals surface area contributed by atoms with E-state index in [9.17, 15) is 29.3 Å². The highest BCUT2D eigenvalue weighted by Gasteiger charge is 2.67. The molecule has 234 valence electrons. The zero-order valence-corrected chi connectivity index (χ0v) is 25.7. The van der Waals surface area contributed by atoms with Crippen molar-refractivity contribution < 1.29 is 28.8 Å². The molecule has 3 fully saturated rings.